The second-order valence-corrected chi connectivity index (χ2v) is 5.78. The highest BCUT2D eigenvalue weighted by Crippen LogP contribution is 2.32. The van der Waals surface area contributed by atoms with Gasteiger partial charge in [-0.2, -0.15) is 0 Å². The van der Waals surface area contributed by atoms with Gasteiger partial charge in [-0.05, 0) is 5.56 Å². The Kier molecular flexibility index (Phi) is 4.66. The van der Waals surface area contributed by atoms with E-state index >= 15 is 0 Å². The van der Waals surface area contributed by atoms with Crippen LogP contribution in [0, 0.1) is 0 Å². The Hall–Kier alpha value is -1.97. The van der Waals surface area contributed by atoms with E-state index in [2.05, 4.69) is 0 Å². The second-order valence-electron chi connectivity index (χ2n) is 5.78. The highest BCUT2D eigenvalue weighted by Gasteiger charge is 2.30. The fourth-order valence-electron chi connectivity index (χ4n) is 2.95. The third-order valence-corrected chi connectivity index (χ3v) is 4.06. The fourth-order valence-corrected chi connectivity index (χ4v) is 2.95. The SMILES string of the molecule is O=C(C[C@@H]1C[C@@H](O)C[C@H](c2ccccc2)O1)c1ccccc1. The number of aliphatic hydroxyl groups is 1. The van der Waals surface area contributed by atoms with Gasteiger partial charge in [-0.15, -0.1) is 0 Å². The molecule has 0 spiro atoms. The smallest absolute Gasteiger partial charge is 0.165 e. The molecule has 1 fully saturated rings. The van der Waals surface area contributed by atoms with Gasteiger partial charge in [0.25, 0.3) is 0 Å². The Morgan fingerprint density at radius 3 is 2.32 bits per heavy atom. The molecular weight excluding hydrogens is 276 g/mol. The Morgan fingerprint density at radius 2 is 1.64 bits per heavy atom. The topological polar surface area (TPSA) is 46.5 Å². The van der Waals surface area contributed by atoms with Gasteiger partial charge in [-0.25, -0.2) is 0 Å². The van der Waals surface area contributed by atoms with Crippen molar-refractivity contribution in [1.82, 2.24) is 0 Å². The normalized spacial score (nSPS) is 24.9. The predicted octanol–water partition coefficient (Wildman–Crippen LogP) is 3.54. The maximum Gasteiger partial charge on any atom is 0.165 e. The Balaban J connectivity index is 1.68. The van der Waals surface area contributed by atoms with Crippen molar-refractivity contribution in [2.24, 2.45) is 0 Å². The fraction of sp³-hybridized carbons (Fsp3) is 0.316. The van der Waals surface area contributed by atoms with Crippen LogP contribution in [0.15, 0.2) is 60.7 Å². The van der Waals surface area contributed by atoms with Crippen LogP contribution >= 0.6 is 0 Å². The minimum Gasteiger partial charge on any atom is -0.393 e. The molecule has 22 heavy (non-hydrogen) atoms. The van der Waals surface area contributed by atoms with E-state index in [0.29, 0.717) is 24.8 Å². The van der Waals surface area contributed by atoms with Crippen molar-refractivity contribution in [1.29, 1.82) is 0 Å². The molecule has 3 nitrogen and oxygen atoms in total. The standard InChI is InChI=1S/C19H20O3/c20-16-11-17(13-18(21)14-7-3-1-4-8-14)22-19(12-16)15-9-5-2-6-10-15/h1-10,16-17,19-20H,11-13H2/t16-,17+,19-/m1/s1. The Labute approximate surface area is 130 Å². The van der Waals surface area contributed by atoms with E-state index in [0.717, 1.165) is 5.56 Å². The van der Waals surface area contributed by atoms with E-state index in [1.165, 1.54) is 0 Å². The molecule has 1 aliphatic rings. The summed E-state index contributed by atoms with van der Waals surface area (Å²) in [6, 6.07) is 19.1. The highest BCUT2D eigenvalue weighted by atomic mass is 16.5. The molecule has 2 aromatic rings. The number of hydrogen-bond donors (Lipinski definition) is 1. The molecule has 0 aromatic heterocycles. The van der Waals surface area contributed by atoms with Crippen LogP contribution in [-0.4, -0.2) is 23.1 Å². The lowest BCUT2D eigenvalue weighted by Gasteiger charge is -2.33. The van der Waals surface area contributed by atoms with E-state index in [9.17, 15) is 9.90 Å². The summed E-state index contributed by atoms with van der Waals surface area (Å²) in [6.07, 6.45) is 0.611. The first-order chi connectivity index (χ1) is 10.7. The lowest BCUT2D eigenvalue weighted by atomic mass is 9.93. The zero-order valence-electron chi connectivity index (χ0n) is 12.4. The maximum atomic E-state index is 12.3. The molecule has 114 valence electrons. The monoisotopic (exact) mass is 296 g/mol. The van der Waals surface area contributed by atoms with Crippen molar-refractivity contribution in [2.75, 3.05) is 0 Å². The molecule has 0 bridgehead atoms. The summed E-state index contributed by atoms with van der Waals surface area (Å²) < 4.78 is 6.05. The van der Waals surface area contributed by atoms with E-state index in [1.54, 1.807) is 0 Å². The van der Waals surface area contributed by atoms with E-state index < -0.39 is 6.10 Å². The quantitative estimate of drug-likeness (QED) is 0.878. The zero-order valence-corrected chi connectivity index (χ0v) is 12.4. The molecule has 1 aliphatic heterocycles. The summed E-state index contributed by atoms with van der Waals surface area (Å²) in [4.78, 5) is 12.3. The van der Waals surface area contributed by atoms with Gasteiger partial charge in [-0.1, -0.05) is 60.7 Å². The third-order valence-electron chi connectivity index (χ3n) is 4.06. The van der Waals surface area contributed by atoms with Crippen LogP contribution in [-0.2, 0) is 4.74 Å². The summed E-state index contributed by atoms with van der Waals surface area (Å²) in [5.41, 5.74) is 1.75. The Morgan fingerprint density at radius 1 is 1.00 bits per heavy atom. The third kappa shape index (κ3) is 3.62. The minimum atomic E-state index is -0.424. The van der Waals surface area contributed by atoms with Crippen molar-refractivity contribution in [3.63, 3.8) is 0 Å². The van der Waals surface area contributed by atoms with Crippen molar-refractivity contribution in [2.45, 2.75) is 37.6 Å². The van der Waals surface area contributed by atoms with Gasteiger partial charge in [0.1, 0.15) is 0 Å². The summed E-state index contributed by atoms with van der Waals surface area (Å²) in [5.74, 6) is 0.0616. The molecule has 2 aromatic carbocycles. The first kappa shape index (κ1) is 14.9. The number of carbonyl (C=O) groups excluding carboxylic acids is 1. The average molecular weight is 296 g/mol. The largest absolute Gasteiger partial charge is 0.393 e. The lowest BCUT2D eigenvalue weighted by molar-refractivity contribution is -0.0962. The van der Waals surface area contributed by atoms with Crippen molar-refractivity contribution in [3.8, 4) is 0 Å². The lowest BCUT2D eigenvalue weighted by Crippen LogP contribution is -2.32. The van der Waals surface area contributed by atoms with Gasteiger partial charge < -0.3 is 9.84 Å². The summed E-state index contributed by atoms with van der Waals surface area (Å²) >= 11 is 0. The molecule has 1 saturated heterocycles. The summed E-state index contributed by atoms with van der Waals surface area (Å²) in [7, 11) is 0. The first-order valence-corrected chi connectivity index (χ1v) is 7.69. The molecule has 3 heteroatoms. The first-order valence-electron chi connectivity index (χ1n) is 7.69. The van der Waals surface area contributed by atoms with Gasteiger partial charge in [-0.3, -0.25) is 4.79 Å². The number of Topliss-reactive ketones (excluding diaryl/α,β-unsaturated/α-hetero) is 1. The van der Waals surface area contributed by atoms with Crippen LogP contribution in [0.2, 0.25) is 0 Å². The number of aliphatic hydroxyl groups excluding tert-OH is 1. The molecule has 0 unspecified atom stereocenters. The van der Waals surface area contributed by atoms with Gasteiger partial charge in [0.15, 0.2) is 5.78 Å². The molecule has 0 amide bonds. The molecule has 0 aliphatic carbocycles. The number of ketones is 1. The maximum absolute atomic E-state index is 12.3. The zero-order chi connectivity index (χ0) is 15.4. The highest BCUT2D eigenvalue weighted by molar-refractivity contribution is 5.96. The number of rotatable bonds is 4. The number of ether oxygens (including phenoxy) is 1. The van der Waals surface area contributed by atoms with Crippen LogP contribution < -0.4 is 0 Å². The van der Waals surface area contributed by atoms with Crippen molar-refractivity contribution >= 4 is 5.78 Å². The van der Waals surface area contributed by atoms with Crippen LogP contribution in [0.3, 0.4) is 0 Å². The van der Waals surface area contributed by atoms with E-state index in [4.69, 9.17) is 4.74 Å². The van der Waals surface area contributed by atoms with Gasteiger partial charge in [0, 0.05) is 24.8 Å². The minimum absolute atomic E-state index is 0.0616. The number of benzene rings is 2. The van der Waals surface area contributed by atoms with Crippen molar-refractivity contribution in [3.05, 3.63) is 71.8 Å². The predicted molar refractivity (Wildman–Crippen MR) is 84.7 cm³/mol. The molecule has 0 radical (unpaired) electrons. The molecule has 3 atom stereocenters. The molecular formula is C19H20O3. The van der Waals surface area contributed by atoms with E-state index in [-0.39, 0.29) is 18.0 Å². The van der Waals surface area contributed by atoms with Crippen LogP contribution in [0.5, 0.6) is 0 Å². The molecule has 1 heterocycles. The molecule has 3 rings (SSSR count). The van der Waals surface area contributed by atoms with Crippen LogP contribution in [0.25, 0.3) is 0 Å². The number of carbonyl (C=O) groups is 1. The second kappa shape index (κ2) is 6.86. The van der Waals surface area contributed by atoms with Gasteiger partial charge in [0.2, 0.25) is 0 Å². The summed E-state index contributed by atoms with van der Waals surface area (Å²) in [5, 5.41) is 10.1. The van der Waals surface area contributed by atoms with Gasteiger partial charge in [0.05, 0.1) is 18.3 Å². The van der Waals surface area contributed by atoms with E-state index in [1.807, 2.05) is 60.7 Å². The van der Waals surface area contributed by atoms with Crippen LogP contribution in [0.4, 0.5) is 0 Å². The number of hydrogen-bond acceptors (Lipinski definition) is 3. The summed E-state index contributed by atoms with van der Waals surface area (Å²) in [6.45, 7) is 0. The average Bonchev–Trinajstić information content (AvgIpc) is 2.56. The van der Waals surface area contributed by atoms with Crippen molar-refractivity contribution < 1.29 is 14.6 Å². The molecule has 1 N–H and O–H groups in total. The molecule has 0 saturated carbocycles. The van der Waals surface area contributed by atoms with Gasteiger partial charge >= 0.3 is 0 Å². The van der Waals surface area contributed by atoms with Crippen LogP contribution in [0.1, 0.15) is 41.3 Å². The Bertz CT molecular complexity index is 609.